The maximum Gasteiger partial charge on any atom is 0.243 e. The van der Waals surface area contributed by atoms with E-state index in [1.165, 1.54) is 5.56 Å². The molecular weight excluding hydrogens is 244 g/mol. The van der Waals surface area contributed by atoms with Gasteiger partial charge in [0.1, 0.15) is 12.4 Å². The van der Waals surface area contributed by atoms with Crippen molar-refractivity contribution >= 4 is 5.91 Å². The van der Waals surface area contributed by atoms with Crippen LogP contribution in [-0.4, -0.2) is 32.8 Å². The number of ether oxygens (including phenoxy) is 2. The van der Waals surface area contributed by atoms with Gasteiger partial charge >= 0.3 is 0 Å². The van der Waals surface area contributed by atoms with Gasteiger partial charge in [-0.05, 0) is 24.1 Å². The van der Waals surface area contributed by atoms with E-state index in [-0.39, 0.29) is 12.6 Å². The van der Waals surface area contributed by atoms with E-state index in [4.69, 9.17) is 15.2 Å². The van der Waals surface area contributed by atoms with Gasteiger partial charge in [-0.1, -0.05) is 19.1 Å². The van der Waals surface area contributed by atoms with Gasteiger partial charge in [-0.3, -0.25) is 4.79 Å². The summed E-state index contributed by atoms with van der Waals surface area (Å²) in [5.74, 6) is 0.408. The molecule has 0 aliphatic heterocycles. The second kappa shape index (κ2) is 8.50. The summed E-state index contributed by atoms with van der Waals surface area (Å²) in [6.07, 6.45) is 0.974. The zero-order valence-corrected chi connectivity index (χ0v) is 11.5. The quantitative estimate of drug-likeness (QED) is 0.659. The Morgan fingerprint density at radius 3 is 2.58 bits per heavy atom. The van der Waals surface area contributed by atoms with Crippen LogP contribution < -0.4 is 15.8 Å². The average molecular weight is 266 g/mol. The molecule has 106 valence electrons. The van der Waals surface area contributed by atoms with Crippen LogP contribution in [0.2, 0.25) is 0 Å². The molecule has 0 fully saturated rings. The number of amides is 1. The van der Waals surface area contributed by atoms with Crippen LogP contribution in [0.4, 0.5) is 0 Å². The zero-order chi connectivity index (χ0) is 14.1. The molecule has 0 heterocycles. The molecule has 1 atom stereocenters. The molecule has 1 aromatic rings. The van der Waals surface area contributed by atoms with Gasteiger partial charge in [-0.2, -0.15) is 0 Å². The summed E-state index contributed by atoms with van der Waals surface area (Å²) in [6, 6.07) is 8.25. The van der Waals surface area contributed by atoms with E-state index in [0.29, 0.717) is 13.2 Å². The third-order valence-electron chi connectivity index (χ3n) is 2.81. The molecule has 1 rings (SSSR count). The number of rotatable bonds is 9. The fourth-order valence-electron chi connectivity index (χ4n) is 1.81. The first-order valence-corrected chi connectivity index (χ1v) is 6.40. The molecule has 1 unspecified atom stereocenters. The molecule has 0 saturated heterocycles. The van der Waals surface area contributed by atoms with Crippen LogP contribution in [0, 0.1) is 0 Å². The number of nitrogens with two attached hydrogens (primary N) is 1. The molecule has 0 bridgehead atoms. The van der Waals surface area contributed by atoms with E-state index in [1.807, 2.05) is 24.3 Å². The minimum Gasteiger partial charge on any atom is -0.497 e. The first-order chi connectivity index (χ1) is 9.17. The monoisotopic (exact) mass is 266 g/mol. The predicted molar refractivity (Wildman–Crippen MR) is 74.0 cm³/mol. The summed E-state index contributed by atoms with van der Waals surface area (Å²) >= 11 is 0. The Morgan fingerprint density at radius 2 is 2.05 bits per heavy atom. The van der Waals surface area contributed by atoms with Crippen molar-refractivity contribution in [3.05, 3.63) is 29.8 Å². The van der Waals surface area contributed by atoms with Gasteiger partial charge in [0.25, 0.3) is 0 Å². The number of carbonyl (C=O) groups is 1. The highest BCUT2D eigenvalue weighted by Crippen LogP contribution is 2.19. The van der Waals surface area contributed by atoms with Gasteiger partial charge in [-0.25, -0.2) is 0 Å². The molecule has 5 nitrogen and oxygen atoms in total. The third-order valence-corrected chi connectivity index (χ3v) is 2.81. The summed E-state index contributed by atoms with van der Waals surface area (Å²) < 4.78 is 10.2. The Balaban J connectivity index is 2.37. The fraction of sp³-hybridized carbons (Fsp3) is 0.500. The standard InChI is InChI=1S/C14H22N2O3/c1-3-13(16-8-9-19-10-14(15)17)11-4-6-12(18-2)7-5-11/h4-7,13,16H,3,8-10H2,1-2H3,(H2,15,17). The lowest BCUT2D eigenvalue weighted by Crippen LogP contribution is -2.27. The average Bonchev–Trinajstić information content (AvgIpc) is 2.43. The molecule has 0 spiro atoms. The molecule has 3 N–H and O–H groups in total. The van der Waals surface area contributed by atoms with E-state index < -0.39 is 5.91 Å². The van der Waals surface area contributed by atoms with Crippen molar-refractivity contribution in [1.82, 2.24) is 5.32 Å². The second-order valence-corrected chi connectivity index (χ2v) is 4.21. The lowest BCUT2D eigenvalue weighted by atomic mass is 10.0. The molecule has 0 radical (unpaired) electrons. The molecule has 0 aliphatic rings. The lowest BCUT2D eigenvalue weighted by molar-refractivity contribution is -0.122. The summed E-state index contributed by atoms with van der Waals surface area (Å²) in [6.45, 7) is 3.24. The first kappa shape index (κ1) is 15.5. The molecule has 19 heavy (non-hydrogen) atoms. The fourth-order valence-corrected chi connectivity index (χ4v) is 1.81. The van der Waals surface area contributed by atoms with E-state index in [9.17, 15) is 4.79 Å². The van der Waals surface area contributed by atoms with Gasteiger partial charge in [-0.15, -0.1) is 0 Å². The number of nitrogens with one attached hydrogen (secondary N) is 1. The topological polar surface area (TPSA) is 73.6 Å². The lowest BCUT2D eigenvalue weighted by Gasteiger charge is -2.17. The highest BCUT2D eigenvalue weighted by atomic mass is 16.5. The molecule has 0 aromatic heterocycles. The van der Waals surface area contributed by atoms with Crippen LogP contribution in [0.5, 0.6) is 5.75 Å². The molecule has 5 heteroatoms. The number of carbonyl (C=O) groups excluding carboxylic acids is 1. The Hall–Kier alpha value is -1.59. The van der Waals surface area contributed by atoms with E-state index in [2.05, 4.69) is 12.2 Å². The maximum atomic E-state index is 10.5. The van der Waals surface area contributed by atoms with Crippen LogP contribution in [-0.2, 0) is 9.53 Å². The predicted octanol–water partition coefficient (Wildman–Crippen LogP) is 1.24. The highest BCUT2D eigenvalue weighted by Gasteiger charge is 2.08. The van der Waals surface area contributed by atoms with Crippen LogP contribution in [0.15, 0.2) is 24.3 Å². The van der Waals surface area contributed by atoms with Crippen LogP contribution in [0.25, 0.3) is 0 Å². The number of benzene rings is 1. The Kier molecular flexibility index (Phi) is 6.92. The van der Waals surface area contributed by atoms with E-state index in [0.717, 1.165) is 12.2 Å². The number of hydrogen-bond acceptors (Lipinski definition) is 4. The molecule has 1 amide bonds. The van der Waals surface area contributed by atoms with Crippen molar-refractivity contribution in [2.45, 2.75) is 19.4 Å². The number of primary amides is 1. The van der Waals surface area contributed by atoms with Gasteiger partial charge in [0.05, 0.1) is 13.7 Å². The van der Waals surface area contributed by atoms with E-state index >= 15 is 0 Å². The molecule has 1 aromatic carbocycles. The Bertz CT molecular complexity index is 379. The number of methoxy groups -OCH3 is 1. The summed E-state index contributed by atoms with van der Waals surface area (Å²) in [5, 5.41) is 3.38. The smallest absolute Gasteiger partial charge is 0.243 e. The minimum atomic E-state index is -0.442. The van der Waals surface area contributed by atoms with Crippen LogP contribution >= 0.6 is 0 Å². The second-order valence-electron chi connectivity index (χ2n) is 4.21. The normalized spacial score (nSPS) is 12.1. The maximum absolute atomic E-state index is 10.5. The van der Waals surface area contributed by atoms with Crippen molar-refractivity contribution in [3.8, 4) is 5.75 Å². The van der Waals surface area contributed by atoms with Gasteiger partial charge in [0.15, 0.2) is 0 Å². The zero-order valence-electron chi connectivity index (χ0n) is 11.5. The highest BCUT2D eigenvalue weighted by molar-refractivity contribution is 5.74. The van der Waals surface area contributed by atoms with Gasteiger partial charge in [0, 0.05) is 12.6 Å². The van der Waals surface area contributed by atoms with Crippen molar-refractivity contribution in [3.63, 3.8) is 0 Å². The van der Waals surface area contributed by atoms with Gasteiger partial charge in [0.2, 0.25) is 5.91 Å². The van der Waals surface area contributed by atoms with Crippen LogP contribution in [0.3, 0.4) is 0 Å². The van der Waals surface area contributed by atoms with Crippen molar-refractivity contribution in [1.29, 1.82) is 0 Å². The molecular formula is C14H22N2O3. The first-order valence-electron chi connectivity index (χ1n) is 6.40. The molecule has 0 saturated carbocycles. The SMILES string of the molecule is CCC(NCCOCC(N)=O)c1ccc(OC)cc1. The summed E-state index contributed by atoms with van der Waals surface area (Å²) in [5.41, 5.74) is 6.19. The van der Waals surface area contributed by atoms with Crippen molar-refractivity contribution in [2.75, 3.05) is 26.9 Å². The van der Waals surface area contributed by atoms with Crippen LogP contribution in [0.1, 0.15) is 24.9 Å². The Morgan fingerprint density at radius 1 is 1.37 bits per heavy atom. The number of hydrogen-bond donors (Lipinski definition) is 2. The summed E-state index contributed by atoms with van der Waals surface area (Å²) in [4.78, 5) is 10.5. The summed E-state index contributed by atoms with van der Waals surface area (Å²) in [7, 11) is 1.65. The van der Waals surface area contributed by atoms with Gasteiger partial charge < -0.3 is 20.5 Å². The largest absolute Gasteiger partial charge is 0.497 e. The minimum absolute atomic E-state index is 0.0268. The Labute approximate surface area is 114 Å². The molecule has 0 aliphatic carbocycles. The van der Waals surface area contributed by atoms with E-state index in [1.54, 1.807) is 7.11 Å². The van der Waals surface area contributed by atoms with Crippen molar-refractivity contribution in [2.24, 2.45) is 5.73 Å². The van der Waals surface area contributed by atoms with Crippen molar-refractivity contribution < 1.29 is 14.3 Å². The third kappa shape index (κ3) is 5.72.